The number of rotatable bonds is 2. The van der Waals surface area contributed by atoms with Crippen LogP contribution in [0.2, 0.25) is 0 Å². The van der Waals surface area contributed by atoms with Crippen LogP contribution in [0.4, 0.5) is 33.6 Å². The van der Waals surface area contributed by atoms with Crippen molar-refractivity contribution in [2.75, 3.05) is 30.5 Å². The molecule has 37 heavy (non-hydrogen) atoms. The minimum absolute atomic E-state index is 0.0160. The van der Waals surface area contributed by atoms with E-state index in [2.05, 4.69) is 15.3 Å². The van der Waals surface area contributed by atoms with Crippen LogP contribution in [0.3, 0.4) is 0 Å². The van der Waals surface area contributed by atoms with Gasteiger partial charge in [-0.05, 0) is 45.2 Å². The molecule has 2 bridgehead atoms. The quantitative estimate of drug-likeness (QED) is 0.485. The molecule has 12 heteroatoms. The van der Waals surface area contributed by atoms with Crippen molar-refractivity contribution in [2.45, 2.75) is 57.4 Å². The Morgan fingerprint density at radius 2 is 1.92 bits per heavy atom. The Morgan fingerprint density at radius 3 is 2.62 bits per heavy atom. The number of hydrogen-bond donors (Lipinski definition) is 2. The van der Waals surface area contributed by atoms with E-state index in [1.54, 1.807) is 13.8 Å². The Labute approximate surface area is 209 Å². The number of nitrogen functional groups attached to an aromatic ring is 1. The molecule has 0 saturated carbocycles. The summed E-state index contributed by atoms with van der Waals surface area (Å²) in [6.07, 6.45) is -3.44. The van der Waals surface area contributed by atoms with Crippen LogP contribution in [-0.2, 0) is 6.18 Å². The van der Waals surface area contributed by atoms with Gasteiger partial charge in [-0.2, -0.15) is 13.2 Å². The summed E-state index contributed by atoms with van der Waals surface area (Å²) >= 11 is 0. The third-order valence-corrected chi connectivity index (χ3v) is 7.96. The van der Waals surface area contributed by atoms with Crippen molar-refractivity contribution < 1.29 is 26.7 Å². The summed E-state index contributed by atoms with van der Waals surface area (Å²) in [7, 11) is 0. The lowest BCUT2D eigenvalue weighted by Crippen LogP contribution is -2.66. The number of anilines is 2. The third-order valence-electron chi connectivity index (χ3n) is 7.96. The molecule has 196 valence electrons. The zero-order chi connectivity index (χ0) is 26.4. The van der Waals surface area contributed by atoms with E-state index in [0.717, 1.165) is 12.5 Å². The molecule has 2 saturated heterocycles. The molecule has 0 unspecified atom stereocenters. The van der Waals surface area contributed by atoms with Crippen LogP contribution in [0.1, 0.15) is 35.4 Å². The molecule has 0 radical (unpaired) electrons. The number of aromatic nitrogens is 3. The number of nitrogens with zero attached hydrogens (tertiary/aromatic N) is 4. The van der Waals surface area contributed by atoms with Crippen molar-refractivity contribution in [3.8, 4) is 17.1 Å². The predicted molar refractivity (Wildman–Crippen MR) is 128 cm³/mol. The number of piperazine rings is 1. The molecule has 3 aromatic rings. The molecule has 3 N–H and O–H groups in total. The van der Waals surface area contributed by atoms with Crippen LogP contribution >= 0.6 is 0 Å². The first-order valence-electron chi connectivity index (χ1n) is 12.0. The van der Waals surface area contributed by atoms with E-state index >= 15 is 4.39 Å². The minimum atomic E-state index is -4.82. The monoisotopic (exact) mass is 520 g/mol. The maximum Gasteiger partial charge on any atom is 0.418 e. The first-order chi connectivity index (χ1) is 17.4. The van der Waals surface area contributed by atoms with Crippen LogP contribution in [0.15, 0.2) is 6.07 Å². The van der Waals surface area contributed by atoms with Crippen LogP contribution in [0.25, 0.3) is 22.0 Å². The van der Waals surface area contributed by atoms with E-state index in [1.807, 2.05) is 4.90 Å². The molecule has 0 spiro atoms. The largest absolute Gasteiger partial charge is 0.475 e. The van der Waals surface area contributed by atoms with Gasteiger partial charge in [-0.15, -0.1) is 0 Å². The van der Waals surface area contributed by atoms with E-state index < -0.39 is 41.0 Å². The smallest absolute Gasteiger partial charge is 0.418 e. The predicted octanol–water partition coefficient (Wildman–Crippen LogP) is 4.40. The van der Waals surface area contributed by atoms with Crippen molar-refractivity contribution in [3.63, 3.8) is 0 Å². The fourth-order valence-electron chi connectivity index (χ4n) is 6.11. The SMILES string of the molecule is Cc1nc(N)cc(-c2nc3c4c(nc(C)c(C)c4c2F)N2C[C@@]4(CF)CC[C@H](N4)[C@H]2CO3)c1C(F)(F)F. The molecule has 0 amide bonds. The summed E-state index contributed by atoms with van der Waals surface area (Å²) in [4.78, 5) is 14.7. The van der Waals surface area contributed by atoms with E-state index in [0.29, 0.717) is 30.0 Å². The summed E-state index contributed by atoms with van der Waals surface area (Å²) in [6.45, 7) is 4.41. The molecule has 3 aromatic heterocycles. The van der Waals surface area contributed by atoms with Gasteiger partial charge in [-0.3, -0.25) is 0 Å². The third kappa shape index (κ3) is 3.44. The van der Waals surface area contributed by atoms with Gasteiger partial charge in [-0.25, -0.2) is 23.7 Å². The lowest BCUT2D eigenvalue weighted by atomic mass is 9.96. The zero-order valence-electron chi connectivity index (χ0n) is 20.4. The fraction of sp³-hybridized carbons (Fsp3) is 0.480. The first-order valence-corrected chi connectivity index (χ1v) is 12.0. The molecular weight excluding hydrogens is 495 g/mol. The molecule has 6 heterocycles. The molecule has 7 nitrogen and oxygen atoms in total. The molecule has 6 rings (SSSR count). The second-order valence-corrected chi connectivity index (χ2v) is 10.2. The summed E-state index contributed by atoms with van der Waals surface area (Å²) in [5.41, 5.74) is 3.48. The summed E-state index contributed by atoms with van der Waals surface area (Å²) < 4.78 is 78.8. The Kier molecular flexibility index (Phi) is 5.11. The topological polar surface area (TPSA) is 89.2 Å². The van der Waals surface area contributed by atoms with Gasteiger partial charge in [-0.1, -0.05) is 0 Å². The summed E-state index contributed by atoms with van der Waals surface area (Å²) in [5.74, 6) is -0.731. The Bertz CT molecular complexity index is 1460. The molecule has 3 atom stereocenters. The van der Waals surface area contributed by atoms with Gasteiger partial charge in [0.1, 0.15) is 30.6 Å². The number of fused-ring (bicyclic) bond motifs is 5. The maximum absolute atomic E-state index is 16.3. The van der Waals surface area contributed by atoms with Crippen molar-refractivity contribution in [3.05, 3.63) is 34.4 Å². The number of pyridine rings is 3. The van der Waals surface area contributed by atoms with Gasteiger partial charge in [0, 0.05) is 29.2 Å². The zero-order valence-corrected chi connectivity index (χ0v) is 20.4. The van der Waals surface area contributed by atoms with Crippen molar-refractivity contribution >= 4 is 22.4 Å². The average Bonchev–Trinajstić information content (AvgIpc) is 3.10. The lowest BCUT2D eigenvalue weighted by Gasteiger charge is -2.45. The molecule has 2 fully saturated rings. The number of ether oxygens (including phenoxy) is 1. The van der Waals surface area contributed by atoms with Crippen molar-refractivity contribution in [1.29, 1.82) is 0 Å². The second kappa shape index (κ2) is 7.86. The molecule has 0 aromatic carbocycles. The highest BCUT2D eigenvalue weighted by Gasteiger charge is 2.51. The highest BCUT2D eigenvalue weighted by molar-refractivity contribution is 6.01. The minimum Gasteiger partial charge on any atom is -0.475 e. The Morgan fingerprint density at radius 1 is 1.16 bits per heavy atom. The van der Waals surface area contributed by atoms with Crippen LogP contribution in [0, 0.1) is 26.6 Å². The van der Waals surface area contributed by atoms with Gasteiger partial charge >= 0.3 is 6.18 Å². The van der Waals surface area contributed by atoms with Crippen LogP contribution in [0.5, 0.6) is 5.88 Å². The second-order valence-electron chi connectivity index (χ2n) is 10.2. The van der Waals surface area contributed by atoms with Crippen LogP contribution in [-0.4, -0.2) is 52.4 Å². The maximum atomic E-state index is 16.3. The van der Waals surface area contributed by atoms with Gasteiger partial charge < -0.3 is 20.7 Å². The van der Waals surface area contributed by atoms with Crippen molar-refractivity contribution in [1.82, 2.24) is 20.3 Å². The average molecular weight is 521 g/mol. The van der Waals surface area contributed by atoms with Crippen LogP contribution < -0.4 is 20.7 Å². The van der Waals surface area contributed by atoms with E-state index in [1.165, 1.54) is 6.92 Å². The first kappa shape index (κ1) is 24.1. The highest BCUT2D eigenvalue weighted by atomic mass is 19.4. The van der Waals surface area contributed by atoms with Gasteiger partial charge in [0.05, 0.1) is 28.2 Å². The number of halogens is 5. The number of hydrogen-bond acceptors (Lipinski definition) is 7. The number of alkyl halides is 4. The van der Waals surface area contributed by atoms with Gasteiger partial charge in [0.2, 0.25) is 5.88 Å². The summed E-state index contributed by atoms with van der Waals surface area (Å²) in [5, 5.41) is 3.73. The lowest BCUT2D eigenvalue weighted by molar-refractivity contribution is -0.137. The molecule has 3 aliphatic rings. The van der Waals surface area contributed by atoms with Gasteiger partial charge in [0.15, 0.2) is 5.82 Å². The number of nitrogens with one attached hydrogen (secondary N) is 1. The Balaban J connectivity index is 1.65. The van der Waals surface area contributed by atoms with Crippen molar-refractivity contribution in [2.24, 2.45) is 0 Å². The molecule has 0 aliphatic carbocycles. The van der Waals surface area contributed by atoms with Gasteiger partial charge in [0.25, 0.3) is 0 Å². The number of aryl methyl sites for hydroxylation is 3. The van der Waals surface area contributed by atoms with E-state index in [9.17, 15) is 17.6 Å². The van der Waals surface area contributed by atoms with E-state index in [-0.39, 0.29) is 46.9 Å². The fourth-order valence-corrected chi connectivity index (χ4v) is 6.11. The molecule has 3 aliphatic heterocycles. The molecular formula is C25H25F5N6O. The standard InChI is InChI=1S/C25H25F5N6O/c1-10-11(2)33-22-18-17(10)20(27)21(13-6-16(31)32-12(3)19(13)25(28,29)30)34-23(18)37-7-15-14-4-5-24(8-26,35-14)9-36(15)22/h6,14-15,35H,4-5,7-9H2,1-3H3,(H2,31,32)/t14-,15+,24-/m0/s1. The van der Waals surface area contributed by atoms with E-state index in [4.69, 9.17) is 15.5 Å². The normalized spacial score (nSPS) is 24.7. The highest BCUT2D eigenvalue weighted by Crippen LogP contribution is 2.47. The number of nitrogens with two attached hydrogens (primary N) is 1. The summed E-state index contributed by atoms with van der Waals surface area (Å²) in [6, 6.07) is 0.670. The Hall–Kier alpha value is -3.28.